The Morgan fingerprint density at radius 1 is 1.38 bits per heavy atom. The van der Waals surface area contributed by atoms with E-state index in [1.54, 1.807) is 19.1 Å². The maximum atomic E-state index is 13.2. The summed E-state index contributed by atoms with van der Waals surface area (Å²) in [6.07, 6.45) is 1.74. The molecule has 0 aliphatic heterocycles. The van der Waals surface area contributed by atoms with Crippen LogP contribution in [0.1, 0.15) is 32.0 Å². The average Bonchev–Trinajstić information content (AvgIpc) is 3.15. The van der Waals surface area contributed by atoms with Gasteiger partial charge in [-0.05, 0) is 31.5 Å². The molecule has 152 valence electrons. The van der Waals surface area contributed by atoms with Gasteiger partial charge in [0.25, 0.3) is 0 Å². The minimum absolute atomic E-state index is 0.213. The van der Waals surface area contributed by atoms with E-state index in [0.29, 0.717) is 36.1 Å². The van der Waals surface area contributed by atoms with Crippen molar-refractivity contribution in [1.29, 1.82) is 0 Å². The van der Waals surface area contributed by atoms with Gasteiger partial charge >= 0.3 is 5.69 Å². The first-order valence-electron chi connectivity index (χ1n) is 8.94. The maximum Gasteiger partial charge on any atom is 0.320 e. The molecule has 3 aromatic rings. The molecule has 0 radical (unpaired) electrons. The third kappa shape index (κ3) is 4.39. The minimum atomic E-state index is -0.596. The molecule has 3 rings (SSSR count). The summed E-state index contributed by atoms with van der Waals surface area (Å²) in [5.74, 6) is -0.0605. The summed E-state index contributed by atoms with van der Waals surface area (Å²) in [5, 5.41) is 21.4. The van der Waals surface area contributed by atoms with Crippen LogP contribution in [0.25, 0.3) is 11.3 Å². The fraction of sp³-hybridized carbons (Fsp3) is 0.278. The molecule has 1 atom stereocenters. The molecule has 3 aromatic heterocycles. The SMILES string of the molecule is CCOc1cc(-c2cc(N[C@@H](CC)c3ccc(F)cn3)nc(N)c2[N+](=O)[O-])[nH]n1. The Labute approximate surface area is 165 Å². The van der Waals surface area contributed by atoms with E-state index in [2.05, 4.69) is 25.5 Å². The summed E-state index contributed by atoms with van der Waals surface area (Å²) >= 11 is 0. The van der Waals surface area contributed by atoms with Gasteiger partial charge in [-0.15, -0.1) is 5.10 Å². The van der Waals surface area contributed by atoms with Gasteiger partial charge in [-0.1, -0.05) is 6.92 Å². The van der Waals surface area contributed by atoms with Gasteiger partial charge in [0.05, 0.1) is 40.7 Å². The number of hydrogen-bond acceptors (Lipinski definition) is 8. The lowest BCUT2D eigenvalue weighted by Crippen LogP contribution is -2.13. The summed E-state index contributed by atoms with van der Waals surface area (Å²) in [6.45, 7) is 4.12. The first kappa shape index (κ1) is 20.0. The van der Waals surface area contributed by atoms with Crippen LogP contribution >= 0.6 is 0 Å². The van der Waals surface area contributed by atoms with Crippen molar-refractivity contribution in [3.8, 4) is 17.1 Å². The second kappa shape index (κ2) is 8.50. The lowest BCUT2D eigenvalue weighted by molar-refractivity contribution is -0.383. The lowest BCUT2D eigenvalue weighted by atomic mass is 10.1. The van der Waals surface area contributed by atoms with E-state index < -0.39 is 10.7 Å². The molecule has 0 aliphatic rings. The number of rotatable bonds is 8. The third-order valence-corrected chi connectivity index (χ3v) is 4.18. The van der Waals surface area contributed by atoms with Gasteiger partial charge in [0, 0.05) is 6.07 Å². The van der Waals surface area contributed by atoms with Crippen molar-refractivity contribution in [2.45, 2.75) is 26.3 Å². The number of nitrogens with one attached hydrogen (secondary N) is 2. The summed E-state index contributed by atoms with van der Waals surface area (Å²) < 4.78 is 18.5. The number of nitrogens with two attached hydrogens (primary N) is 1. The Morgan fingerprint density at radius 2 is 2.17 bits per heavy atom. The second-order valence-corrected chi connectivity index (χ2v) is 6.11. The summed E-state index contributed by atoms with van der Waals surface area (Å²) in [7, 11) is 0. The van der Waals surface area contributed by atoms with Crippen LogP contribution < -0.4 is 15.8 Å². The molecular weight excluding hydrogens is 381 g/mol. The molecule has 10 nitrogen and oxygen atoms in total. The number of nitro groups is 1. The molecule has 0 saturated carbocycles. The molecular formula is C18H20FN7O3. The molecule has 0 aromatic carbocycles. The van der Waals surface area contributed by atoms with Crippen LogP contribution in [0.15, 0.2) is 30.5 Å². The number of nitrogens with zero attached hydrogens (tertiary/aromatic N) is 4. The van der Waals surface area contributed by atoms with Crippen LogP contribution in [-0.2, 0) is 0 Å². The number of hydrogen-bond donors (Lipinski definition) is 3. The Bertz CT molecular complexity index is 1010. The Kier molecular flexibility index (Phi) is 5.86. The second-order valence-electron chi connectivity index (χ2n) is 6.11. The van der Waals surface area contributed by atoms with Crippen molar-refractivity contribution in [2.24, 2.45) is 0 Å². The normalized spacial score (nSPS) is 11.8. The fourth-order valence-corrected chi connectivity index (χ4v) is 2.85. The van der Waals surface area contributed by atoms with E-state index in [9.17, 15) is 14.5 Å². The van der Waals surface area contributed by atoms with Crippen molar-refractivity contribution in [3.63, 3.8) is 0 Å². The van der Waals surface area contributed by atoms with Gasteiger partial charge in [0.15, 0.2) is 0 Å². The Balaban J connectivity index is 2.00. The van der Waals surface area contributed by atoms with Crippen LogP contribution in [0.2, 0.25) is 0 Å². The highest BCUT2D eigenvalue weighted by molar-refractivity contribution is 5.80. The molecule has 0 bridgehead atoms. The molecule has 0 saturated heterocycles. The molecule has 29 heavy (non-hydrogen) atoms. The number of nitrogen functional groups attached to an aromatic ring is 1. The molecule has 0 unspecified atom stereocenters. The van der Waals surface area contributed by atoms with E-state index in [1.165, 1.54) is 12.1 Å². The molecule has 0 amide bonds. The van der Waals surface area contributed by atoms with Crippen LogP contribution in [-0.4, -0.2) is 31.7 Å². The standard InChI is InChI=1S/C18H20FN7O3/c1-3-12(13-6-5-10(19)9-21-13)22-15-7-11(17(26(27)28)18(20)23-15)14-8-16(25-24-14)29-4-2/h5-9,12H,3-4H2,1-2H3,(H,24,25)(H3,20,22,23)/t12-/m0/s1. The van der Waals surface area contributed by atoms with Gasteiger partial charge < -0.3 is 15.8 Å². The van der Waals surface area contributed by atoms with Gasteiger partial charge in [0.2, 0.25) is 11.7 Å². The van der Waals surface area contributed by atoms with Crippen molar-refractivity contribution in [2.75, 3.05) is 17.7 Å². The van der Waals surface area contributed by atoms with Crippen molar-refractivity contribution >= 4 is 17.3 Å². The molecule has 4 N–H and O–H groups in total. The predicted molar refractivity (Wildman–Crippen MR) is 105 cm³/mol. The highest BCUT2D eigenvalue weighted by atomic mass is 19.1. The van der Waals surface area contributed by atoms with E-state index in [0.717, 1.165) is 6.20 Å². The van der Waals surface area contributed by atoms with Crippen LogP contribution in [0.5, 0.6) is 5.88 Å². The number of pyridine rings is 2. The van der Waals surface area contributed by atoms with Crippen molar-refractivity contribution in [3.05, 3.63) is 52.1 Å². The first-order valence-corrected chi connectivity index (χ1v) is 8.94. The third-order valence-electron chi connectivity index (χ3n) is 4.18. The van der Waals surface area contributed by atoms with Gasteiger partial charge in [-0.3, -0.25) is 20.2 Å². The highest BCUT2D eigenvalue weighted by Gasteiger charge is 2.25. The number of ether oxygens (including phenoxy) is 1. The summed E-state index contributed by atoms with van der Waals surface area (Å²) in [6, 6.07) is 5.64. The first-order chi connectivity index (χ1) is 13.9. The number of H-pyrrole nitrogens is 1. The lowest BCUT2D eigenvalue weighted by Gasteiger charge is -2.18. The quantitative estimate of drug-likeness (QED) is 0.384. The van der Waals surface area contributed by atoms with Crippen molar-refractivity contribution < 1.29 is 14.1 Å². The minimum Gasteiger partial charge on any atom is -0.477 e. The number of halogens is 1. The fourth-order valence-electron chi connectivity index (χ4n) is 2.85. The van der Waals surface area contributed by atoms with Crippen LogP contribution in [0.3, 0.4) is 0 Å². The Hall–Kier alpha value is -3.76. The van der Waals surface area contributed by atoms with Crippen LogP contribution in [0, 0.1) is 15.9 Å². The number of anilines is 2. The zero-order valence-corrected chi connectivity index (χ0v) is 15.8. The number of aromatic amines is 1. The van der Waals surface area contributed by atoms with Gasteiger partial charge in [-0.25, -0.2) is 9.37 Å². The molecule has 0 spiro atoms. The van der Waals surface area contributed by atoms with Crippen molar-refractivity contribution in [1.82, 2.24) is 20.2 Å². The monoisotopic (exact) mass is 401 g/mol. The topological polar surface area (TPSA) is 145 Å². The molecule has 0 fully saturated rings. The molecule has 3 heterocycles. The van der Waals surface area contributed by atoms with Gasteiger partial charge in [0.1, 0.15) is 11.6 Å². The van der Waals surface area contributed by atoms with E-state index >= 15 is 0 Å². The maximum absolute atomic E-state index is 13.2. The zero-order chi connectivity index (χ0) is 21.0. The van der Waals surface area contributed by atoms with Gasteiger partial charge in [-0.2, -0.15) is 0 Å². The zero-order valence-electron chi connectivity index (χ0n) is 15.8. The largest absolute Gasteiger partial charge is 0.477 e. The van der Waals surface area contributed by atoms with E-state index in [4.69, 9.17) is 10.5 Å². The smallest absolute Gasteiger partial charge is 0.320 e. The van der Waals surface area contributed by atoms with E-state index in [-0.39, 0.29) is 23.1 Å². The van der Waals surface area contributed by atoms with E-state index in [1.807, 2.05) is 6.92 Å². The van der Waals surface area contributed by atoms with Crippen LogP contribution in [0.4, 0.5) is 21.7 Å². The highest BCUT2D eigenvalue weighted by Crippen LogP contribution is 2.36. The Morgan fingerprint density at radius 3 is 2.79 bits per heavy atom. The predicted octanol–water partition coefficient (Wildman–Crippen LogP) is 3.46. The summed E-state index contributed by atoms with van der Waals surface area (Å²) in [5.41, 5.74) is 6.73. The number of aromatic nitrogens is 4. The average molecular weight is 401 g/mol. The molecule has 0 aliphatic carbocycles. The summed E-state index contributed by atoms with van der Waals surface area (Å²) in [4.78, 5) is 19.1. The molecule has 11 heteroatoms.